The fourth-order valence-corrected chi connectivity index (χ4v) is 2.10. The van der Waals surface area contributed by atoms with Gasteiger partial charge in [-0.3, -0.25) is 4.90 Å². The zero-order valence-corrected chi connectivity index (χ0v) is 11.3. The van der Waals surface area contributed by atoms with E-state index in [4.69, 9.17) is 0 Å². The number of carbonyl (C=O) groups excluding carboxylic acids is 1. The normalized spacial score (nSPS) is 14.7. The van der Waals surface area contributed by atoms with Crippen molar-refractivity contribution in [1.82, 2.24) is 5.32 Å². The number of hydrogen-bond donors (Lipinski definition) is 1. The molecule has 4 nitrogen and oxygen atoms in total. The van der Waals surface area contributed by atoms with Crippen molar-refractivity contribution in [3.8, 4) is 0 Å². The maximum Gasteiger partial charge on any atom is 0.322 e. The van der Waals surface area contributed by atoms with Crippen LogP contribution >= 0.6 is 0 Å². The number of rotatable bonds is 2. The molecule has 0 saturated heterocycles. The highest BCUT2D eigenvalue weighted by Crippen LogP contribution is 2.31. The second-order valence-electron chi connectivity index (χ2n) is 5.14. The first-order valence-electron chi connectivity index (χ1n) is 6.45. The first kappa shape index (κ1) is 12.7. The van der Waals surface area contributed by atoms with Gasteiger partial charge >= 0.3 is 6.03 Å². The quantitative estimate of drug-likeness (QED) is 0.870. The minimum atomic E-state index is 0.00394. The van der Waals surface area contributed by atoms with Gasteiger partial charge in [0, 0.05) is 26.7 Å². The number of nitrogens with zero attached hydrogens (tertiary/aromatic N) is 2. The Hall–Kier alpha value is -1.71. The van der Waals surface area contributed by atoms with E-state index in [9.17, 15) is 4.79 Å². The number of carbonyl (C=O) groups is 1. The summed E-state index contributed by atoms with van der Waals surface area (Å²) in [7, 11) is 2.06. The molecule has 1 aromatic rings. The van der Waals surface area contributed by atoms with Gasteiger partial charge in [0.15, 0.2) is 0 Å². The van der Waals surface area contributed by atoms with Crippen molar-refractivity contribution in [3.63, 3.8) is 0 Å². The number of anilines is 2. The summed E-state index contributed by atoms with van der Waals surface area (Å²) in [6, 6.07) is 8.03. The fraction of sp³-hybridized carbons (Fsp3) is 0.500. The van der Waals surface area contributed by atoms with E-state index >= 15 is 0 Å². The molecule has 4 heteroatoms. The monoisotopic (exact) mass is 247 g/mol. The first-order valence-corrected chi connectivity index (χ1v) is 6.45. The molecule has 0 radical (unpaired) electrons. The summed E-state index contributed by atoms with van der Waals surface area (Å²) in [5.41, 5.74) is 2.11. The zero-order chi connectivity index (χ0) is 13.1. The van der Waals surface area contributed by atoms with E-state index in [0.29, 0.717) is 12.5 Å². The smallest absolute Gasteiger partial charge is 0.322 e. The SMILES string of the molecule is CC(C)CNC(=O)N1CCN(C)c2ccccc21. The van der Waals surface area contributed by atoms with Crippen LogP contribution in [0.5, 0.6) is 0 Å². The second kappa shape index (κ2) is 5.29. The van der Waals surface area contributed by atoms with Gasteiger partial charge in [-0.15, -0.1) is 0 Å². The van der Waals surface area contributed by atoms with Crippen LogP contribution in [0.4, 0.5) is 16.2 Å². The maximum atomic E-state index is 12.2. The highest BCUT2D eigenvalue weighted by atomic mass is 16.2. The molecule has 1 heterocycles. The summed E-state index contributed by atoms with van der Waals surface area (Å²) in [5, 5.41) is 2.98. The molecule has 0 aromatic heterocycles. The molecule has 1 aliphatic heterocycles. The van der Waals surface area contributed by atoms with Gasteiger partial charge in [-0.25, -0.2) is 4.79 Å². The van der Waals surface area contributed by atoms with Crippen LogP contribution in [0.2, 0.25) is 0 Å². The lowest BCUT2D eigenvalue weighted by atomic mass is 10.2. The van der Waals surface area contributed by atoms with E-state index in [1.54, 1.807) is 0 Å². The third kappa shape index (κ3) is 2.58. The molecule has 0 saturated carbocycles. The molecule has 0 aliphatic carbocycles. The number of fused-ring (bicyclic) bond motifs is 1. The average molecular weight is 247 g/mol. The second-order valence-corrected chi connectivity index (χ2v) is 5.14. The third-order valence-corrected chi connectivity index (χ3v) is 3.15. The predicted octanol–water partition coefficient (Wildman–Crippen LogP) is 2.31. The molecule has 0 unspecified atom stereocenters. The Bertz CT molecular complexity index is 431. The van der Waals surface area contributed by atoms with Gasteiger partial charge in [0.25, 0.3) is 0 Å². The molecule has 0 bridgehead atoms. The molecule has 2 rings (SSSR count). The van der Waals surface area contributed by atoms with Gasteiger partial charge in [0.05, 0.1) is 11.4 Å². The molecule has 18 heavy (non-hydrogen) atoms. The number of hydrogen-bond acceptors (Lipinski definition) is 2. The molecule has 2 amide bonds. The molecule has 1 N–H and O–H groups in total. The summed E-state index contributed by atoms with van der Waals surface area (Å²) < 4.78 is 0. The maximum absolute atomic E-state index is 12.2. The molecular weight excluding hydrogens is 226 g/mol. The lowest BCUT2D eigenvalue weighted by Gasteiger charge is -2.35. The molecule has 0 atom stereocenters. The Morgan fingerprint density at radius 3 is 2.61 bits per heavy atom. The van der Waals surface area contributed by atoms with Gasteiger partial charge in [-0.2, -0.15) is 0 Å². The van der Waals surface area contributed by atoms with Crippen molar-refractivity contribution in [2.45, 2.75) is 13.8 Å². The lowest BCUT2D eigenvalue weighted by Crippen LogP contribution is -2.47. The zero-order valence-electron chi connectivity index (χ0n) is 11.3. The predicted molar refractivity (Wildman–Crippen MR) is 75.3 cm³/mol. The van der Waals surface area contributed by atoms with Crippen LogP contribution in [0.25, 0.3) is 0 Å². The summed E-state index contributed by atoms with van der Waals surface area (Å²) in [4.78, 5) is 16.2. The van der Waals surface area contributed by atoms with E-state index in [1.165, 1.54) is 0 Å². The molecule has 1 aromatic carbocycles. The van der Waals surface area contributed by atoms with E-state index in [-0.39, 0.29) is 6.03 Å². The largest absolute Gasteiger partial charge is 0.371 e. The minimum Gasteiger partial charge on any atom is -0.371 e. The van der Waals surface area contributed by atoms with E-state index in [0.717, 1.165) is 24.5 Å². The van der Waals surface area contributed by atoms with Crippen molar-refractivity contribution in [2.24, 2.45) is 5.92 Å². The van der Waals surface area contributed by atoms with Crippen LogP contribution in [0.1, 0.15) is 13.8 Å². The van der Waals surface area contributed by atoms with E-state index < -0.39 is 0 Å². The van der Waals surface area contributed by atoms with Crippen LogP contribution < -0.4 is 15.1 Å². The number of para-hydroxylation sites is 2. The molecule has 0 fully saturated rings. The lowest BCUT2D eigenvalue weighted by molar-refractivity contribution is 0.245. The Balaban J connectivity index is 2.15. The Morgan fingerprint density at radius 2 is 1.94 bits per heavy atom. The van der Waals surface area contributed by atoms with Crippen molar-refractivity contribution in [1.29, 1.82) is 0 Å². The van der Waals surface area contributed by atoms with Gasteiger partial charge in [0.1, 0.15) is 0 Å². The molecule has 1 aliphatic rings. The third-order valence-electron chi connectivity index (χ3n) is 3.15. The first-order chi connectivity index (χ1) is 8.59. The van der Waals surface area contributed by atoms with Gasteiger partial charge in [-0.05, 0) is 18.1 Å². The van der Waals surface area contributed by atoms with Crippen molar-refractivity contribution in [2.75, 3.05) is 36.5 Å². The number of benzene rings is 1. The van der Waals surface area contributed by atoms with Crippen LogP contribution in [0.15, 0.2) is 24.3 Å². The average Bonchev–Trinajstić information content (AvgIpc) is 2.37. The highest BCUT2D eigenvalue weighted by molar-refractivity contribution is 5.96. The number of urea groups is 1. The summed E-state index contributed by atoms with van der Waals surface area (Å²) in [5.74, 6) is 0.469. The minimum absolute atomic E-state index is 0.00394. The van der Waals surface area contributed by atoms with Crippen LogP contribution in [-0.2, 0) is 0 Å². The topological polar surface area (TPSA) is 35.6 Å². The Labute approximate surface area is 109 Å². The Morgan fingerprint density at radius 1 is 1.28 bits per heavy atom. The van der Waals surface area contributed by atoms with Gasteiger partial charge in [-0.1, -0.05) is 26.0 Å². The van der Waals surface area contributed by atoms with Crippen molar-refractivity contribution in [3.05, 3.63) is 24.3 Å². The molecular formula is C14H21N3O. The highest BCUT2D eigenvalue weighted by Gasteiger charge is 2.24. The number of amides is 2. The number of likely N-dealkylation sites (N-methyl/N-ethyl adjacent to an activating group) is 1. The van der Waals surface area contributed by atoms with Crippen LogP contribution in [-0.4, -0.2) is 32.7 Å². The number of nitrogens with one attached hydrogen (secondary N) is 1. The van der Waals surface area contributed by atoms with Crippen molar-refractivity contribution >= 4 is 17.4 Å². The van der Waals surface area contributed by atoms with Crippen LogP contribution in [0, 0.1) is 5.92 Å². The Kier molecular flexibility index (Phi) is 3.75. The fourth-order valence-electron chi connectivity index (χ4n) is 2.10. The summed E-state index contributed by atoms with van der Waals surface area (Å²) in [6.07, 6.45) is 0. The summed E-state index contributed by atoms with van der Waals surface area (Å²) in [6.45, 7) is 6.51. The van der Waals surface area contributed by atoms with E-state index in [2.05, 4.69) is 37.2 Å². The van der Waals surface area contributed by atoms with Crippen LogP contribution in [0.3, 0.4) is 0 Å². The van der Waals surface area contributed by atoms with Gasteiger partial charge < -0.3 is 10.2 Å². The standard InChI is InChI=1S/C14H21N3O/c1-11(2)10-15-14(18)17-9-8-16(3)12-6-4-5-7-13(12)17/h4-7,11H,8-10H2,1-3H3,(H,15,18). The van der Waals surface area contributed by atoms with E-state index in [1.807, 2.05) is 23.1 Å². The summed E-state index contributed by atoms with van der Waals surface area (Å²) >= 11 is 0. The molecule has 98 valence electrons. The van der Waals surface area contributed by atoms with Gasteiger partial charge in [0.2, 0.25) is 0 Å². The van der Waals surface area contributed by atoms with Crippen molar-refractivity contribution < 1.29 is 4.79 Å². The molecule has 0 spiro atoms.